The monoisotopic (exact) mass is 400 g/mol. The quantitative estimate of drug-likeness (QED) is 0.286. The Labute approximate surface area is 156 Å². The maximum atomic E-state index is 12.8. The molecule has 2 aromatic rings. The molecule has 0 aromatic heterocycles. The largest absolute Gasteiger partial charge is 0.416 e. The molecule has 0 aliphatic carbocycles. The van der Waals surface area contributed by atoms with Crippen LogP contribution in [0.25, 0.3) is 0 Å². The third-order valence-corrected chi connectivity index (χ3v) is 3.61. The first-order valence-electron chi connectivity index (χ1n) is 8.02. The summed E-state index contributed by atoms with van der Waals surface area (Å²) < 4.78 is 50.8. The van der Waals surface area contributed by atoms with Crippen LogP contribution in [0.15, 0.2) is 42.5 Å². The van der Waals surface area contributed by atoms with Gasteiger partial charge in [0.05, 0.1) is 10.5 Å². The van der Waals surface area contributed by atoms with Crippen molar-refractivity contribution in [2.24, 2.45) is 0 Å². The lowest BCUT2D eigenvalue weighted by atomic mass is 10.1. The molecule has 150 valence electrons. The summed E-state index contributed by atoms with van der Waals surface area (Å²) >= 11 is 0. The molecule has 2 amide bonds. The Morgan fingerprint density at radius 3 is 2.32 bits per heavy atom. The van der Waals surface area contributed by atoms with E-state index in [9.17, 15) is 32.5 Å². The van der Waals surface area contributed by atoms with Crippen LogP contribution in [0.4, 0.5) is 33.7 Å². The molecule has 0 aliphatic heterocycles. The number of alkyl halides is 3. The number of urea groups is 1. The van der Waals surface area contributed by atoms with E-state index in [-0.39, 0.29) is 25.3 Å². The number of halogens is 4. The number of carbonyl (C=O) groups excluding carboxylic acids is 1. The van der Waals surface area contributed by atoms with E-state index < -0.39 is 34.2 Å². The van der Waals surface area contributed by atoms with Crippen LogP contribution in [0.5, 0.6) is 0 Å². The number of nitro benzene ring substituents is 1. The summed E-state index contributed by atoms with van der Waals surface area (Å²) in [7, 11) is 0. The molecule has 3 N–H and O–H groups in total. The van der Waals surface area contributed by atoms with Gasteiger partial charge in [-0.05, 0) is 29.8 Å². The van der Waals surface area contributed by atoms with Gasteiger partial charge in [-0.25, -0.2) is 9.18 Å². The number of nitro groups is 1. The number of benzene rings is 2. The minimum atomic E-state index is -4.69. The number of nitrogens with zero attached hydrogens (tertiary/aromatic N) is 1. The number of hydrogen-bond donors (Lipinski definition) is 3. The van der Waals surface area contributed by atoms with Crippen molar-refractivity contribution >= 4 is 17.4 Å². The van der Waals surface area contributed by atoms with E-state index in [0.29, 0.717) is 11.6 Å². The highest BCUT2D eigenvalue weighted by Gasteiger charge is 2.32. The SMILES string of the molecule is O=C(NCCNc1ccc(C(F)(F)F)cc1[N+](=O)[O-])NCc1ccc(F)cc1. The van der Waals surface area contributed by atoms with Gasteiger partial charge in [0, 0.05) is 25.7 Å². The van der Waals surface area contributed by atoms with E-state index in [2.05, 4.69) is 16.0 Å². The highest BCUT2D eigenvalue weighted by Crippen LogP contribution is 2.34. The molecule has 28 heavy (non-hydrogen) atoms. The standard InChI is InChI=1S/C17H16F4N4O3/c18-13-4-1-11(2-5-13)10-24-16(26)23-8-7-22-14-6-3-12(17(19,20)21)9-15(14)25(27)28/h1-6,9,22H,7-8,10H2,(H2,23,24,26). The molecule has 0 bridgehead atoms. The van der Waals surface area contributed by atoms with Crippen LogP contribution in [0.3, 0.4) is 0 Å². The number of carbonyl (C=O) groups is 1. The Bertz CT molecular complexity index is 841. The first-order chi connectivity index (χ1) is 13.2. The highest BCUT2D eigenvalue weighted by molar-refractivity contribution is 5.73. The van der Waals surface area contributed by atoms with Crippen LogP contribution in [0.1, 0.15) is 11.1 Å². The van der Waals surface area contributed by atoms with Crippen molar-refractivity contribution in [2.75, 3.05) is 18.4 Å². The third kappa shape index (κ3) is 6.11. The number of rotatable bonds is 7. The number of amides is 2. The molecule has 0 unspecified atom stereocenters. The number of nitrogens with one attached hydrogen (secondary N) is 3. The van der Waals surface area contributed by atoms with Crippen molar-refractivity contribution in [3.8, 4) is 0 Å². The van der Waals surface area contributed by atoms with E-state index in [4.69, 9.17) is 0 Å². The summed E-state index contributed by atoms with van der Waals surface area (Å²) in [6.07, 6.45) is -4.69. The maximum absolute atomic E-state index is 12.8. The van der Waals surface area contributed by atoms with Crippen molar-refractivity contribution < 1.29 is 27.3 Å². The van der Waals surface area contributed by atoms with Crippen LogP contribution in [0, 0.1) is 15.9 Å². The smallest absolute Gasteiger partial charge is 0.378 e. The fraction of sp³-hybridized carbons (Fsp3) is 0.235. The molecule has 2 rings (SSSR count). The van der Waals surface area contributed by atoms with Crippen molar-refractivity contribution in [3.05, 3.63) is 69.5 Å². The van der Waals surface area contributed by atoms with Crippen LogP contribution >= 0.6 is 0 Å². The predicted molar refractivity (Wildman–Crippen MR) is 93.2 cm³/mol. The van der Waals surface area contributed by atoms with Gasteiger partial charge >= 0.3 is 12.2 Å². The van der Waals surface area contributed by atoms with Crippen LogP contribution in [0.2, 0.25) is 0 Å². The van der Waals surface area contributed by atoms with Crippen LogP contribution in [-0.4, -0.2) is 24.0 Å². The fourth-order valence-corrected chi connectivity index (χ4v) is 2.23. The van der Waals surface area contributed by atoms with Gasteiger partial charge in [0.2, 0.25) is 0 Å². The zero-order valence-electron chi connectivity index (χ0n) is 14.3. The zero-order chi connectivity index (χ0) is 20.7. The minimum Gasteiger partial charge on any atom is -0.378 e. The molecule has 2 aromatic carbocycles. The summed E-state index contributed by atoms with van der Waals surface area (Å²) in [5.74, 6) is -0.392. The molecule has 7 nitrogen and oxygen atoms in total. The number of hydrogen-bond acceptors (Lipinski definition) is 4. The molecule has 0 atom stereocenters. The maximum Gasteiger partial charge on any atom is 0.416 e. The van der Waals surface area contributed by atoms with Crippen molar-refractivity contribution in [1.29, 1.82) is 0 Å². The summed E-state index contributed by atoms with van der Waals surface area (Å²) in [6, 6.07) is 7.18. The van der Waals surface area contributed by atoms with Gasteiger partial charge in [0.1, 0.15) is 11.5 Å². The van der Waals surface area contributed by atoms with Crippen LogP contribution < -0.4 is 16.0 Å². The molecule has 0 fully saturated rings. The van der Waals surface area contributed by atoms with E-state index in [1.807, 2.05) is 0 Å². The molecule has 0 aliphatic rings. The second kappa shape index (κ2) is 9.02. The average molecular weight is 400 g/mol. The Balaban J connectivity index is 1.81. The summed E-state index contributed by atoms with van der Waals surface area (Å²) in [5, 5.41) is 18.6. The van der Waals surface area contributed by atoms with Crippen molar-refractivity contribution in [2.45, 2.75) is 12.7 Å². The summed E-state index contributed by atoms with van der Waals surface area (Å²) in [4.78, 5) is 21.7. The normalized spacial score (nSPS) is 11.0. The van der Waals surface area contributed by atoms with Gasteiger partial charge in [-0.1, -0.05) is 12.1 Å². The van der Waals surface area contributed by atoms with E-state index in [1.54, 1.807) is 0 Å². The van der Waals surface area contributed by atoms with Gasteiger partial charge in [0.25, 0.3) is 5.69 Å². The topological polar surface area (TPSA) is 96.3 Å². The van der Waals surface area contributed by atoms with E-state index in [1.165, 1.54) is 24.3 Å². The Morgan fingerprint density at radius 1 is 1.04 bits per heavy atom. The lowest BCUT2D eigenvalue weighted by molar-refractivity contribution is -0.384. The Hall–Kier alpha value is -3.37. The molecular formula is C17H16F4N4O3. The summed E-state index contributed by atoms with van der Waals surface area (Å²) in [5.41, 5.74) is -1.24. The van der Waals surface area contributed by atoms with E-state index >= 15 is 0 Å². The lowest BCUT2D eigenvalue weighted by Crippen LogP contribution is -2.37. The number of anilines is 1. The second-order valence-corrected chi connectivity index (χ2v) is 5.65. The van der Waals surface area contributed by atoms with Crippen molar-refractivity contribution in [3.63, 3.8) is 0 Å². The highest BCUT2D eigenvalue weighted by atomic mass is 19.4. The van der Waals surface area contributed by atoms with Gasteiger partial charge in [-0.2, -0.15) is 13.2 Å². The van der Waals surface area contributed by atoms with Gasteiger partial charge in [-0.3, -0.25) is 10.1 Å². The molecule has 11 heteroatoms. The second-order valence-electron chi connectivity index (χ2n) is 5.65. The van der Waals surface area contributed by atoms with Crippen LogP contribution in [-0.2, 0) is 12.7 Å². The molecule has 0 spiro atoms. The molecular weight excluding hydrogens is 384 g/mol. The molecule has 0 saturated heterocycles. The third-order valence-electron chi connectivity index (χ3n) is 3.61. The van der Waals surface area contributed by atoms with Crippen molar-refractivity contribution in [1.82, 2.24) is 10.6 Å². The fourth-order valence-electron chi connectivity index (χ4n) is 2.23. The van der Waals surface area contributed by atoms with Gasteiger partial charge in [0.15, 0.2) is 0 Å². The van der Waals surface area contributed by atoms with E-state index in [0.717, 1.165) is 12.1 Å². The molecule has 0 heterocycles. The Morgan fingerprint density at radius 2 is 1.71 bits per heavy atom. The van der Waals surface area contributed by atoms with Gasteiger partial charge < -0.3 is 16.0 Å². The predicted octanol–water partition coefficient (Wildman–Crippen LogP) is 3.66. The Kier molecular flexibility index (Phi) is 6.74. The first kappa shape index (κ1) is 20.9. The first-order valence-corrected chi connectivity index (χ1v) is 8.02. The lowest BCUT2D eigenvalue weighted by Gasteiger charge is -2.11. The summed E-state index contributed by atoms with van der Waals surface area (Å²) in [6.45, 7) is 0.285. The molecule has 0 radical (unpaired) electrons. The zero-order valence-corrected chi connectivity index (χ0v) is 14.3. The molecule has 0 saturated carbocycles. The average Bonchev–Trinajstić information content (AvgIpc) is 2.64. The van der Waals surface area contributed by atoms with Gasteiger partial charge in [-0.15, -0.1) is 0 Å². The minimum absolute atomic E-state index is 0.0518.